The lowest BCUT2D eigenvalue weighted by Gasteiger charge is -2.29. The zero-order valence-corrected chi connectivity index (χ0v) is 28.4. The molecule has 0 saturated carbocycles. The van der Waals surface area contributed by atoms with Crippen LogP contribution in [0.15, 0.2) is 107 Å². The maximum absolute atomic E-state index is 14.4. The zero-order chi connectivity index (χ0) is 34.9. The molecule has 0 radical (unpaired) electrons. The van der Waals surface area contributed by atoms with Gasteiger partial charge in [-0.3, -0.25) is 0 Å². The minimum absolute atomic E-state index is 0.0459. The van der Waals surface area contributed by atoms with E-state index in [0.717, 1.165) is 9.66 Å². The second kappa shape index (κ2) is 13.3. The van der Waals surface area contributed by atoms with Crippen molar-refractivity contribution in [2.75, 3.05) is 26.1 Å². The highest BCUT2D eigenvalue weighted by molar-refractivity contribution is 7.90. The number of allylic oxidation sites excluding steroid dienone is 1. The van der Waals surface area contributed by atoms with Crippen LogP contribution in [0.3, 0.4) is 0 Å². The number of halogens is 1. The van der Waals surface area contributed by atoms with Gasteiger partial charge in [0.15, 0.2) is 24.1 Å². The molecular formula is C34H32FN5O7S2. The number of fused-ring (bicyclic) bond motifs is 1. The molecule has 3 heterocycles. The molecule has 1 unspecified atom stereocenters. The van der Waals surface area contributed by atoms with E-state index < -0.39 is 38.2 Å². The number of pyridine rings is 2. The van der Waals surface area contributed by atoms with Gasteiger partial charge < -0.3 is 19.5 Å². The molecule has 5 aromatic rings. The van der Waals surface area contributed by atoms with Crippen LogP contribution in [0.4, 0.5) is 10.1 Å². The molecule has 0 fully saturated rings. The van der Waals surface area contributed by atoms with Crippen molar-refractivity contribution < 1.29 is 39.8 Å². The quantitative estimate of drug-likeness (QED) is 0.127. The minimum atomic E-state index is -4.38. The summed E-state index contributed by atoms with van der Waals surface area (Å²) in [7, 11) is -3.48. The molecule has 1 aliphatic rings. The number of nitrogens with zero attached hydrogens (tertiary/aromatic N) is 5. The topological polar surface area (TPSA) is 147 Å². The smallest absolute Gasteiger partial charge is 0.493 e. The van der Waals surface area contributed by atoms with Gasteiger partial charge in [-0.2, -0.15) is 0 Å². The maximum atomic E-state index is 14.4. The Hall–Kier alpha value is -5.28. The third kappa shape index (κ3) is 6.71. The van der Waals surface area contributed by atoms with E-state index in [0.29, 0.717) is 33.5 Å². The first-order valence-electron chi connectivity index (χ1n) is 15.1. The molecule has 0 N–H and O–H groups in total. The van der Waals surface area contributed by atoms with Crippen LogP contribution in [-0.2, 0) is 25.0 Å². The van der Waals surface area contributed by atoms with E-state index in [1.807, 2.05) is 0 Å². The largest absolute Gasteiger partial charge is 0.596 e. The Balaban J connectivity index is 1.36. The zero-order valence-electron chi connectivity index (χ0n) is 26.7. The molecular weight excluding hydrogens is 674 g/mol. The molecule has 0 aliphatic heterocycles. The molecule has 6 rings (SSSR count). The van der Waals surface area contributed by atoms with Gasteiger partial charge in [0.2, 0.25) is 0 Å². The molecule has 15 heteroatoms. The van der Waals surface area contributed by atoms with Crippen LogP contribution in [0.2, 0.25) is 0 Å². The summed E-state index contributed by atoms with van der Waals surface area (Å²) in [5.41, 5.74) is 2.81. The van der Waals surface area contributed by atoms with Crippen molar-refractivity contribution in [2.24, 2.45) is 4.40 Å². The number of aromatic nitrogens is 3. The first-order chi connectivity index (χ1) is 23.4. The van der Waals surface area contributed by atoms with Gasteiger partial charge in [-0.25, -0.2) is 21.8 Å². The number of rotatable bonds is 9. The van der Waals surface area contributed by atoms with Crippen molar-refractivity contribution in [2.45, 2.75) is 30.3 Å². The standard InChI is InChI=1S/C34H32FN5O7S2/c1-38(2)25-16-19-39(20-17-25)49(44,45)37-34(41)47-26-12-9-23(10-13-26)31-22-30-28(29-21-24(35)11-14-32(29)46-3)15-18-36-33(30)40(31)48(42,43)27-7-5-4-6-8-27/h4-9,11,14-22,26H,10,12-13H2,1-3H3. The fourth-order valence-corrected chi connectivity index (χ4v) is 7.95. The summed E-state index contributed by atoms with van der Waals surface area (Å²) in [5.74, 6) is -0.0969. The van der Waals surface area contributed by atoms with Crippen molar-refractivity contribution in [3.8, 4) is 16.9 Å². The van der Waals surface area contributed by atoms with E-state index in [1.165, 1.54) is 60.0 Å². The van der Waals surface area contributed by atoms with Crippen LogP contribution < -0.4 is 18.7 Å². The summed E-state index contributed by atoms with van der Waals surface area (Å²) in [6.45, 7) is 0. The third-order valence-electron chi connectivity index (χ3n) is 8.11. The Morgan fingerprint density at radius 2 is 1.76 bits per heavy atom. The van der Waals surface area contributed by atoms with E-state index in [4.69, 9.17) is 9.47 Å². The molecule has 254 valence electrons. The normalized spacial score (nSPS) is 15.6. The van der Waals surface area contributed by atoms with Gasteiger partial charge in [0.1, 0.15) is 11.6 Å². The Kier molecular flexibility index (Phi) is 9.14. The fraction of sp³-hybridized carbons (Fsp3) is 0.206. The lowest BCUT2D eigenvalue weighted by molar-refractivity contribution is -0.511. The number of hydrogen-bond donors (Lipinski definition) is 0. The lowest BCUT2D eigenvalue weighted by atomic mass is 9.94. The van der Waals surface area contributed by atoms with Crippen LogP contribution in [-0.4, -0.2) is 59.2 Å². The minimum Gasteiger partial charge on any atom is -0.596 e. The second-order valence-electron chi connectivity index (χ2n) is 11.4. The Morgan fingerprint density at radius 3 is 2.41 bits per heavy atom. The highest BCUT2D eigenvalue weighted by Crippen LogP contribution is 2.40. The molecule has 0 bridgehead atoms. The second-order valence-corrected chi connectivity index (χ2v) is 14.7. The van der Waals surface area contributed by atoms with Crippen LogP contribution >= 0.6 is 0 Å². The highest BCUT2D eigenvalue weighted by Gasteiger charge is 2.29. The molecule has 1 atom stereocenters. The SMILES string of the molecule is COc1ccc(F)cc1-c1ccnc2c1cc(C1=CCC(O/C([O-])=N/S(=O)(=O)[n+]3ccc(N(C)C)cc3)CC1)n2S(=O)(=O)c1ccccc1. The lowest BCUT2D eigenvalue weighted by Crippen LogP contribution is -2.42. The predicted octanol–water partition coefficient (Wildman–Crippen LogP) is 3.90. The Labute approximate surface area is 283 Å². The molecule has 49 heavy (non-hydrogen) atoms. The molecule has 12 nitrogen and oxygen atoms in total. The van der Waals surface area contributed by atoms with Gasteiger partial charge in [0.05, 0.1) is 17.7 Å². The maximum Gasteiger partial charge on any atom is 0.493 e. The van der Waals surface area contributed by atoms with Gasteiger partial charge in [0.25, 0.3) is 10.0 Å². The number of benzene rings is 2. The van der Waals surface area contributed by atoms with Crippen molar-refractivity contribution in [3.05, 3.63) is 109 Å². The van der Waals surface area contributed by atoms with E-state index in [1.54, 1.807) is 67.5 Å². The molecule has 0 saturated heterocycles. The summed E-state index contributed by atoms with van der Waals surface area (Å²) < 4.78 is 84.4. The number of hydrogen-bond acceptors (Lipinski definition) is 9. The van der Waals surface area contributed by atoms with Crippen molar-refractivity contribution in [1.29, 1.82) is 0 Å². The highest BCUT2D eigenvalue weighted by atomic mass is 32.2. The molecule has 3 aromatic heterocycles. The number of methoxy groups -OCH3 is 1. The first kappa shape index (κ1) is 33.6. The van der Waals surface area contributed by atoms with Crippen LogP contribution in [0.5, 0.6) is 5.75 Å². The van der Waals surface area contributed by atoms with Crippen molar-refractivity contribution >= 4 is 48.6 Å². The van der Waals surface area contributed by atoms with E-state index in [2.05, 4.69) is 9.38 Å². The molecule has 0 spiro atoms. The predicted molar refractivity (Wildman–Crippen MR) is 180 cm³/mol. The van der Waals surface area contributed by atoms with E-state index in [-0.39, 0.29) is 29.8 Å². The monoisotopic (exact) mass is 705 g/mol. The summed E-state index contributed by atoms with van der Waals surface area (Å²) in [6, 6.07) is 18.5. The summed E-state index contributed by atoms with van der Waals surface area (Å²) in [5, 5.41) is 13.1. The first-order valence-corrected chi connectivity index (χ1v) is 17.9. The average molecular weight is 706 g/mol. The Morgan fingerprint density at radius 1 is 1.02 bits per heavy atom. The average Bonchev–Trinajstić information content (AvgIpc) is 3.49. The fourth-order valence-electron chi connectivity index (χ4n) is 5.68. The number of anilines is 1. The summed E-state index contributed by atoms with van der Waals surface area (Å²) in [4.78, 5) is 6.30. The van der Waals surface area contributed by atoms with Gasteiger partial charge in [-0.05, 0) is 72.9 Å². The summed E-state index contributed by atoms with van der Waals surface area (Å²) >= 11 is 0. The van der Waals surface area contributed by atoms with Gasteiger partial charge in [-0.1, -0.05) is 32.6 Å². The molecule has 0 amide bonds. The van der Waals surface area contributed by atoms with Crippen LogP contribution in [0, 0.1) is 5.82 Å². The van der Waals surface area contributed by atoms with Crippen molar-refractivity contribution in [3.63, 3.8) is 0 Å². The molecule has 2 aromatic carbocycles. The van der Waals surface area contributed by atoms with Crippen molar-refractivity contribution in [1.82, 2.24) is 8.96 Å². The van der Waals surface area contributed by atoms with Gasteiger partial charge in [0, 0.05) is 55.2 Å². The van der Waals surface area contributed by atoms with Crippen LogP contribution in [0.25, 0.3) is 27.7 Å². The van der Waals surface area contributed by atoms with Gasteiger partial charge in [-0.15, -0.1) is 8.42 Å². The molecule has 1 aliphatic carbocycles. The Bertz CT molecular complexity index is 2310. The summed E-state index contributed by atoms with van der Waals surface area (Å²) in [6.07, 6.45) is 4.53. The third-order valence-corrected chi connectivity index (χ3v) is 11.0. The number of ether oxygens (including phenoxy) is 2. The van der Waals surface area contributed by atoms with E-state index >= 15 is 0 Å². The van der Waals surface area contributed by atoms with E-state index in [9.17, 15) is 26.3 Å². The van der Waals surface area contributed by atoms with Gasteiger partial charge >= 0.3 is 10.2 Å². The van der Waals surface area contributed by atoms with Crippen LogP contribution in [0.1, 0.15) is 25.0 Å².